The first kappa shape index (κ1) is 10.6. The number of aromatic carboxylic acids is 1. The van der Waals surface area contributed by atoms with Gasteiger partial charge < -0.3 is 10.2 Å². The lowest BCUT2D eigenvalue weighted by atomic mass is 10.5. The van der Waals surface area contributed by atoms with Crippen LogP contribution in [0.25, 0.3) is 0 Å². The zero-order chi connectivity index (χ0) is 9.56. The summed E-state index contributed by atoms with van der Waals surface area (Å²) in [4.78, 5) is 19.5. The van der Waals surface area contributed by atoms with Crippen LogP contribution in [-0.4, -0.2) is 22.2 Å². The molecule has 0 aromatic carbocycles. The summed E-state index contributed by atoms with van der Waals surface area (Å²) in [5.74, 6) is -1.68. The molecule has 1 heterocycles. The highest BCUT2D eigenvalue weighted by atomic mass is 32.1. The Hall–Kier alpha value is -1.36. The van der Waals surface area contributed by atoms with Gasteiger partial charge in [0.1, 0.15) is 4.88 Å². The van der Waals surface area contributed by atoms with Gasteiger partial charge in [-0.15, -0.1) is 11.3 Å². The topological polar surface area (TPSA) is 74.6 Å². The van der Waals surface area contributed by atoms with Crippen molar-refractivity contribution >= 4 is 23.3 Å². The molecular weight excluding hydrogens is 180 g/mol. The molecule has 0 atom stereocenters. The molecule has 0 aliphatic carbocycles. The molecule has 0 bridgehead atoms. The van der Waals surface area contributed by atoms with Crippen molar-refractivity contribution < 1.29 is 19.8 Å². The fourth-order valence-corrected chi connectivity index (χ4v) is 0.962. The van der Waals surface area contributed by atoms with E-state index in [1.54, 1.807) is 17.5 Å². The van der Waals surface area contributed by atoms with Crippen LogP contribution in [0.3, 0.4) is 0 Å². The number of carbonyl (C=O) groups is 2. The molecular formula is C7H8O4S. The molecule has 12 heavy (non-hydrogen) atoms. The van der Waals surface area contributed by atoms with Gasteiger partial charge in [0.25, 0.3) is 5.97 Å². The van der Waals surface area contributed by atoms with Crippen LogP contribution >= 0.6 is 11.3 Å². The standard InChI is InChI=1S/C5H4O2S.C2H4O2/c6-5(7)4-2-1-3-8-4;1-2(3)4/h1-3H,(H,6,7);1H3,(H,3,4). The monoisotopic (exact) mass is 188 g/mol. The zero-order valence-corrected chi connectivity index (χ0v) is 7.17. The predicted octanol–water partition coefficient (Wildman–Crippen LogP) is 1.54. The minimum atomic E-state index is -0.847. The zero-order valence-electron chi connectivity index (χ0n) is 6.35. The van der Waals surface area contributed by atoms with Gasteiger partial charge in [0.2, 0.25) is 0 Å². The smallest absolute Gasteiger partial charge is 0.345 e. The predicted molar refractivity (Wildman–Crippen MR) is 44.6 cm³/mol. The van der Waals surface area contributed by atoms with Crippen LogP contribution in [0.2, 0.25) is 0 Å². The van der Waals surface area contributed by atoms with Gasteiger partial charge >= 0.3 is 5.97 Å². The molecule has 4 nitrogen and oxygen atoms in total. The van der Waals surface area contributed by atoms with Gasteiger partial charge in [0.05, 0.1) is 0 Å². The molecule has 0 fully saturated rings. The lowest BCUT2D eigenvalue weighted by Crippen LogP contribution is -1.89. The maximum absolute atomic E-state index is 10.1. The van der Waals surface area contributed by atoms with Crippen molar-refractivity contribution in [2.75, 3.05) is 0 Å². The van der Waals surface area contributed by atoms with Gasteiger partial charge in [-0.05, 0) is 11.4 Å². The van der Waals surface area contributed by atoms with Crippen molar-refractivity contribution in [2.24, 2.45) is 0 Å². The van der Waals surface area contributed by atoms with Gasteiger partial charge in [-0.1, -0.05) is 6.07 Å². The molecule has 0 aliphatic heterocycles. The van der Waals surface area contributed by atoms with E-state index in [0.717, 1.165) is 6.92 Å². The van der Waals surface area contributed by atoms with E-state index in [0.29, 0.717) is 4.88 Å². The van der Waals surface area contributed by atoms with Crippen LogP contribution in [-0.2, 0) is 4.79 Å². The maximum atomic E-state index is 10.1. The summed E-state index contributed by atoms with van der Waals surface area (Å²) >= 11 is 1.23. The molecule has 66 valence electrons. The maximum Gasteiger partial charge on any atom is 0.345 e. The normalized spacial score (nSPS) is 8.08. The first-order valence-electron chi connectivity index (χ1n) is 3.00. The molecule has 0 saturated heterocycles. The molecule has 1 aromatic heterocycles. The van der Waals surface area contributed by atoms with Gasteiger partial charge in [-0.25, -0.2) is 4.79 Å². The molecule has 5 heteroatoms. The number of carboxylic acid groups (broad SMARTS) is 2. The lowest BCUT2D eigenvalue weighted by Gasteiger charge is -1.78. The van der Waals surface area contributed by atoms with Crippen molar-refractivity contribution in [1.82, 2.24) is 0 Å². The highest BCUT2D eigenvalue weighted by Crippen LogP contribution is 2.06. The Morgan fingerprint density at radius 1 is 1.42 bits per heavy atom. The quantitative estimate of drug-likeness (QED) is 0.700. The fraction of sp³-hybridized carbons (Fsp3) is 0.143. The summed E-state index contributed by atoms with van der Waals surface area (Å²) in [5.41, 5.74) is 0. The molecule has 0 aliphatic rings. The Labute approximate surface area is 73.1 Å². The number of hydrogen-bond donors (Lipinski definition) is 2. The second-order valence-corrected chi connectivity index (χ2v) is 2.75. The number of carboxylic acids is 2. The molecule has 0 saturated carbocycles. The van der Waals surface area contributed by atoms with Crippen LogP contribution in [0.4, 0.5) is 0 Å². The summed E-state index contributed by atoms with van der Waals surface area (Å²) in [5, 5.41) is 17.4. The Balaban J connectivity index is 0.000000261. The molecule has 1 aromatic rings. The van der Waals surface area contributed by atoms with Crippen LogP contribution in [0.1, 0.15) is 16.6 Å². The molecule has 0 radical (unpaired) electrons. The van der Waals surface area contributed by atoms with E-state index in [2.05, 4.69) is 0 Å². The van der Waals surface area contributed by atoms with E-state index < -0.39 is 11.9 Å². The van der Waals surface area contributed by atoms with E-state index in [4.69, 9.17) is 15.0 Å². The number of rotatable bonds is 1. The van der Waals surface area contributed by atoms with Crippen LogP contribution in [0, 0.1) is 0 Å². The third-order valence-electron chi connectivity index (χ3n) is 0.732. The van der Waals surface area contributed by atoms with Crippen LogP contribution < -0.4 is 0 Å². The average molecular weight is 188 g/mol. The van der Waals surface area contributed by atoms with E-state index in [1.165, 1.54) is 11.3 Å². The van der Waals surface area contributed by atoms with Gasteiger partial charge in [-0.3, -0.25) is 4.79 Å². The van der Waals surface area contributed by atoms with Gasteiger partial charge in [0.15, 0.2) is 0 Å². The molecule has 2 N–H and O–H groups in total. The van der Waals surface area contributed by atoms with Gasteiger partial charge in [-0.2, -0.15) is 0 Å². The Kier molecular flexibility index (Phi) is 4.71. The first-order chi connectivity index (χ1) is 5.54. The third-order valence-corrected chi connectivity index (χ3v) is 1.59. The van der Waals surface area contributed by atoms with Crippen molar-refractivity contribution in [3.63, 3.8) is 0 Å². The molecule has 0 unspecified atom stereocenters. The van der Waals surface area contributed by atoms with Crippen molar-refractivity contribution in [3.8, 4) is 0 Å². The summed E-state index contributed by atoms with van der Waals surface area (Å²) in [6, 6.07) is 3.29. The second-order valence-electron chi connectivity index (χ2n) is 1.80. The molecule has 0 amide bonds. The summed E-state index contributed by atoms with van der Waals surface area (Å²) in [6.45, 7) is 1.08. The van der Waals surface area contributed by atoms with E-state index in [9.17, 15) is 4.79 Å². The van der Waals surface area contributed by atoms with Crippen LogP contribution in [0.5, 0.6) is 0 Å². The minimum Gasteiger partial charge on any atom is -0.481 e. The minimum absolute atomic E-state index is 0.394. The van der Waals surface area contributed by atoms with Crippen molar-refractivity contribution in [3.05, 3.63) is 22.4 Å². The second kappa shape index (κ2) is 5.31. The highest BCUT2D eigenvalue weighted by molar-refractivity contribution is 7.11. The fourth-order valence-electron chi connectivity index (χ4n) is 0.400. The Morgan fingerprint density at radius 2 is 1.92 bits per heavy atom. The SMILES string of the molecule is CC(=O)O.O=C(O)c1cccs1. The van der Waals surface area contributed by atoms with E-state index in [-0.39, 0.29) is 0 Å². The van der Waals surface area contributed by atoms with Crippen molar-refractivity contribution in [2.45, 2.75) is 6.92 Å². The van der Waals surface area contributed by atoms with E-state index >= 15 is 0 Å². The summed E-state index contributed by atoms with van der Waals surface area (Å²) < 4.78 is 0. The average Bonchev–Trinajstić information content (AvgIpc) is 2.34. The van der Waals surface area contributed by atoms with Gasteiger partial charge in [0, 0.05) is 6.92 Å². The number of thiophene rings is 1. The summed E-state index contributed by atoms with van der Waals surface area (Å²) in [7, 11) is 0. The number of hydrogen-bond acceptors (Lipinski definition) is 3. The number of aliphatic carboxylic acids is 1. The molecule has 0 spiro atoms. The molecule has 1 rings (SSSR count). The van der Waals surface area contributed by atoms with Crippen molar-refractivity contribution in [1.29, 1.82) is 0 Å². The van der Waals surface area contributed by atoms with Crippen LogP contribution in [0.15, 0.2) is 17.5 Å². The lowest BCUT2D eigenvalue weighted by molar-refractivity contribution is -0.134. The summed E-state index contributed by atoms with van der Waals surface area (Å²) in [6.07, 6.45) is 0. The Bertz CT molecular complexity index is 248. The van der Waals surface area contributed by atoms with E-state index in [1.807, 2.05) is 0 Å². The highest BCUT2D eigenvalue weighted by Gasteiger charge is 1.99. The first-order valence-corrected chi connectivity index (χ1v) is 3.88. The third kappa shape index (κ3) is 5.43. The Morgan fingerprint density at radius 3 is 2.08 bits per heavy atom. The largest absolute Gasteiger partial charge is 0.481 e.